The average Bonchev–Trinajstić information content (AvgIpc) is 1.97. The van der Waals surface area contributed by atoms with Crippen molar-refractivity contribution in [3.8, 4) is 0 Å². The van der Waals surface area contributed by atoms with Crippen LogP contribution >= 0.6 is 0 Å². The first-order valence-corrected chi connectivity index (χ1v) is 18.5. The molecule has 0 radical (unpaired) electrons. The van der Waals surface area contributed by atoms with Crippen LogP contribution in [0.25, 0.3) is 0 Å². The van der Waals surface area contributed by atoms with Crippen LogP contribution in [0.3, 0.4) is 0 Å². The Labute approximate surface area is 107 Å². The van der Waals surface area contributed by atoms with Crippen LogP contribution in [0.5, 0.6) is 0 Å². The van der Waals surface area contributed by atoms with Crippen molar-refractivity contribution in [2.75, 3.05) is 0 Å². The molecule has 0 unspecified atom stereocenters. The molecule has 0 amide bonds. The number of rotatable bonds is 6. The third-order valence-electron chi connectivity index (χ3n) is 0.770. The Hall–Kier alpha value is 2.76. The van der Waals surface area contributed by atoms with Crippen molar-refractivity contribution in [1.82, 2.24) is 3.88 Å². The van der Waals surface area contributed by atoms with Crippen molar-refractivity contribution in [1.29, 1.82) is 0 Å². The molecule has 0 saturated carbocycles. The molecule has 52 valence electrons. The fourth-order valence-electron chi connectivity index (χ4n) is 0.382. The van der Waals surface area contributed by atoms with E-state index in [-0.39, 0.29) is 0 Å². The Morgan fingerprint density at radius 2 is 2.20 bits per heavy atom. The molecule has 6 nitrogen and oxygen atoms in total. The van der Waals surface area contributed by atoms with E-state index in [0.29, 0.717) is 0 Å². The van der Waals surface area contributed by atoms with Gasteiger partial charge < -0.3 is 0 Å². The molecular formula is H9In4N5O. The van der Waals surface area contributed by atoms with Crippen molar-refractivity contribution < 1.29 is 5.21 Å². The minimum atomic E-state index is -1.05. The second kappa shape index (κ2) is 11.8. The first kappa shape index (κ1) is 12.8. The van der Waals surface area contributed by atoms with E-state index in [0.717, 1.165) is 0 Å². The van der Waals surface area contributed by atoms with E-state index < -0.39 is 93.5 Å². The van der Waals surface area contributed by atoms with Crippen LogP contribution in [-0.4, -0.2) is 98.7 Å². The number of hydrogen-bond donors (Lipinski definition) is 5. The quantitative estimate of drug-likeness (QED) is 0.169. The molecule has 6 N–H and O–H groups in total. The minimum absolute atomic E-state index is 0.761. The summed E-state index contributed by atoms with van der Waals surface area (Å²) in [7, 11) is 0. The Kier molecular flexibility index (Phi) is 15.0. The van der Waals surface area contributed by atoms with Gasteiger partial charge in [0.2, 0.25) is 0 Å². The van der Waals surface area contributed by atoms with Gasteiger partial charge in [0.05, 0.1) is 0 Å². The molecular weight excluding hydrogens is 545 g/mol. The van der Waals surface area contributed by atoms with Gasteiger partial charge in [-0.1, -0.05) is 0 Å². The van der Waals surface area contributed by atoms with E-state index in [1.54, 1.807) is 0 Å². The van der Waals surface area contributed by atoms with Crippen molar-refractivity contribution in [3.63, 3.8) is 0 Å². The number of nitrogens with two attached hydrogens (primary N) is 1. The summed E-state index contributed by atoms with van der Waals surface area (Å²) in [6.45, 7) is 0. The molecule has 0 rings (SSSR count). The molecule has 0 fully saturated rings. The maximum absolute atomic E-state index is 8.11. The number of nitrogens with one attached hydrogen (secondary N) is 3. The van der Waals surface area contributed by atoms with Gasteiger partial charge in [0.1, 0.15) is 0 Å². The second-order valence-corrected chi connectivity index (χ2v) is 37.1. The monoisotopic (exact) mass is 555 g/mol. The zero-order valence-electron chi connectivity index (χ0n) is 5.67. The van der Waals surface area contributed by atoms with Crippen LogP contribution in [-0.2, 0) is 0 Å². The van der Waals surface area contributed by atoms with Crippen molar-refractivity contribution in [3.05, 3.63) is 0 Å². The van der Waals surface area contributed by atoms with Gasteiger partial charge in [-0.2, -0.15) is 0 Å². The predicted molar refractivity (Wildman–Crippen MR) is 45.0 cm³/mol. The molecule has 0 aliphatic rings. The van der Waals surface area contributed by atoms with Gasteiger partial charge in [-0.3, -0.25) is 0 Å². The zero-order chi connectivity index (χ0) is 7.66. The topological polar surface area (TPSA) is 94.7 Å². The summed E-state index contributed by atoms with van der Waals surface area (Å²) in [6.07, 6.45) is 0. The van der Waals surface area contributed by atoms with Crippen molar-refractivity contribution >= 4 is 93.5 Å². The fraction of sp³-hybridized carbons (Fsp3) is 0. The Morgan fingerprint density at radius 3 is 2.80 bits per heavy atom. The van der Waals surface area contributed by atoms with Gasteiger partial charge in [-0.15, -0.1) is 0 Å². The van der Waals surface area contributed by atoms with Crippen molar-refractivity contribution in [2.24, 2.45) is 6.80 Å². The molecule has 0 aromatic carbocycles. The molecule has 10 heavy (non-hydrogen) atoms. The van der Waals surface area contributed by atoms with E-state index in [1.165, 1.54) is 0 Å². The van der Waals surface area contributed by atoms with Gasteiger partial charge in [0.15, 0.2) is 0 Å². The standard InChI is InChI=1S/4In.HNO.H2N.3HN.3H/c;;;;1-2;;;;;;;/h;;;;2H;1H2;3*1H;;;/q;;;+1;;-1;;;;;;. The molecule has 0 heterocycles. The molecule has 0 spiro atoms. The van der Waals surface area contributed by atoms with Crippen LogP contribution in [0.4, 0.5) is 0 Å². The molecule has 10 heteroatoms. The van der Waals surface area contributed by atoms with Crippen LogP contribution in [0.1, 0.15) is 0 Å². The Balaban J connectivity index is 2.77. The summed E-state index contributed by atoms with van der Waals surface area (Å²) in [5, 5.41) is 8.11. The summed E-state index contributed by atoms with van der Waals surface area (Å²) < 4.78 is 18.7. The SMILES string of the molecule is [NH2][InH][NH][InH][NH][InH][NH][In]=[N]O. The summed E-state index contributed by atoms with van der Waals surface area (Å²) in [4.78, 5) is 0. The van der Waals surface area contributed by atoms with E-state index >= 15 is 0 Å². The van der Waals surface area contributed by atoms with Crippen LogP contribution in [0.2, 0.25) is 0 Å². The van der Waals surface area contributed by atoms with Gasteiger partial charge in [0.25, 0.3) is 0 Å². The van der Waals surface area contributed by atoms with Crippen LogP contribution in [0.15, 0.2) is 3.08 Å². The first-order valence-electron chi connectivity index (χ1n) is 2.92. The summed E-state index contributed by atoms with van der Waals surface area (Å²) >= 11 is -3.55. The Morgan fingerprint density at radius 1 is 1.40 bits per heavy atom. The second-order valence-electron chi connectivity index (χ2n) is 1.51. The third kappa shape index (κ3) is 10.8. The summed E-state index contributed by atoms with van der Waals surface area (Å²) in [5.41, 5.74) is 0. The normalized spacial score (nSPS) is 8.50. The molecule has 0 saturated heterocycles. The molecule has 0 bridgehead atoms. The third-order valence-corrected chi connectivity index (χ3v) is 32.5. The summed E-state index contributed by atoms with van der Waals surface area (Å²) in [5.74, 6) is 0. The van der Waals surface area contributed by atoms with Gasteiger partial charge in [0, 0.05) is 0 Å². The Bertz CT molecular complexity index is 85.7. The van der Waals surface area contributed by atoms with Gasteiger partial charge in [-0.05, 0) is 0 Å². The van der Waals surface area contributed by atoms with E-state index in [4.69, 9.17) is 8.93 Å². The zero-order valence-corrected chi connectivity index (χ0v) is 21.1. The molecule has 0 atom stereocenters. The number of nitrogens with zero attached hydrogens (tertiary/aromatic N) is 1. The van der Waals surface area contributed by atoms with Gasteiger partial charge in [-0.25, -0.2) is 0 Å². The van der Waals surface area contributed by atoms with E-state index in [1.807, 2.05) is 0 Å². The predicted octanol–water partition coefficient (Wildman–Crippen LogP) is -4.29. The van der Waals surface area contributed by atoms with Gasteiger partial charge >= 0.3 is 109 Å². The van der Waals surface area contributed by atoms with Crippen LogP contribution < -0.4 is 7.60 Å². The van der Waals surface area contributed by atoms with E-state index in [2.05, 4.69) is 6.96 Å². The average molecular weight is 554 g/mol. The molecule has 0 aliphatic heterocycles. The molecule has 0 aliphatic carbocycles. The van der Waals surface area contributed by atoms with Crippen LogP contribution in [0, 0.1) is 0 Å². The number of hydrogen-bond acceptors (Lipinski definition) is 5. The molecule has 0 aromatic rings. The first-order chi connectivity index (χ1) is 4.91. The van der Waals surface area contributed by atoms with Crippen molar-refractivity contribution in [2.45, 2.75) is 0 Å². The van der Waals surface area contributed by atoms with E-state index in [9.17, 15) is 0 Å². The fourth-order valence-corrected chi connectivity index (χ4v) is 58.4. The molecule has 0 aromatic heterocycles. The summed E-state index contributed by atoms with van der Waals surface area (Å²) in [6, 6.07) is 0. The maximum atomic E-state index is 8.11.